The minimum absolute atomic E-state index is 0.0503. The Kier molecular flexibility index (Phi) is 5.19. The average molecular weight is 458 g/mol. The summed E-state index contributed by atoms with van der Waals surface area (Å²) in [6.45, 7) is 1.76. The van der Waals surface area contributed by atoms with Crippen LogP contribution in [-0.2, 0) is 12.7 Å². The number of alkyl halides is 3. The van der Waals surface area contributed by atoms with E-state index in [4.69, 9.17) is 14.2 Å². The van der Waals surface area contributed by atoms with E-state index in [2.05, 4.69) is 0 Å². The SMILES string of the molecule is COc1ccc(C(=O)N2CCn3cccc3C2c2ccc3c(c2)OCCO3)cc1C(F)(F)F. The minimum atomic E-state index is -4.65. The van der Waals surface area contributed by atoms with Gasteiger partial charge < -0.3 is 23.7 Å². The second-order valence-corrected chi connectivity index (χ2v) is 7.84. The van der Waals surface area contributed by atoms with Crippen LogP contribution in [0.3, 0.4) is 0 Å². The van der Waals surface area contributed by atoms with Gasteiger partial charge in [0, 0.05) is 30.5 Å². The normalized spacial score (nSPS) is 17.5. The Bertz CT molecular complexity index is 1200. The molecule has 2 aromatic carbocycles. The second-order valence-electron chi connectivity index (χ2n) is 7.84. The molecule has 0 aliphatic carbocycles. The molecule has 6 nitrogen and oxygen atoms in total. The Morgan fingerprint density at radius 2 is 1.82 bits per heavy atom. The standard InChI is InChI=1S/C24H21F3N2O4/c1-31-19-6-5-16(13-17(19)24(25,26)27)23(30)29-10-9-28-8-2-3-18(28)22(29)15-4-7-20-21(14-15)33-12-11-32-20/h2-8,13-14,22H,9-12H2,1H3. The fraction of sp³-hybridized carbons (Fsp3) is 0.292. The third kappa shape index (κ3) is 3.77. The maximum absolute atomic E-state index is 13.5. The molecule has 2 aliphatic heterocycles. The van der Waals surface area contributed by atoms with Crippen molar-refractivity contribution in [3.05, 3.63) is 77.1 Å². The molecule has 1 aromatic heterocycles. The summed E-state index contributed by atoms with van der Waals surface area (Å²) in [5.74, 6) is 0.392. The number of halogens is 3. The predicted molar refractivity (Wildman–Crippen MR) is 113 cm³/mol. The number of carbonyl (C=O) groups excluding carboxylic acids is 1. The number of benzene rings is 2. The first-order valence-electron chi connectivity index (χ1n) is 10.5. The molecule has 0 radical (unpaired) electrons. The van der Waals surface area contributed by atoms with E-state index >= 15 is 0 Å². The van der Waals surface area contributed by atoms with Crippen molar-refractivity contribution in [1.82, 2.24) is 9.47 Å². The van der Waals surface area contributed by atoms with Crippen molar-refractivity contribution in [2.45, 2.75) is 18.8 Å². The molecule has 0 saturated heterocycles. The fourth-order valence-electron chi connectivity index (χ4n) is 4.41. The highest BCUT2D eigenvalue weighted by molar-refractivity contribution is 5.95. The molecule has 33 heavy (non-hydrogen) atoms. The van der Waals surface area contributed by atoms with E-state index in [0.29, 0.717) is 37.8 Å². The van der Waals surface area contributed by atoms with Crippen molar-refractivity contribution in [2.24, 2.45) is 0 Å². The maximum Gasteiger partial charge on any atom is 0.419 e. The van der Waals surface area contributed by atoms with Crippen LogP contribution in [0, 0.1) is 0 Å². The lowest BCUT2D eigenvalue weighted by atomic mass is 9.97. The van der Waals surface area contributed by atoms with Gasteiger partial charge in [0.15, 0.2) is 11.5 Å². The third-order valence-electron chi connectivity index (χ3n) is 5.93. The van der Waals surface area contributed by atoms with E-state index in [0.717, 1.165) is 17.3 Å². The first-order chi connectivity index (χ1) is 15.9. The lowest BCUT2D eigenvalue weighted by Crippen LogP contribution is -2.42. The number of ether oxygens (including phenoxy) is 3. The fourth-order valence-corrected chi connectivity index (χ4v) is 4.41. The van der Waals surface area contributed by atoms with E-state index in [-0.39, 0.29) is 11.3 Å². The van der Waals surface area contributed by atoms with Gasteiger partial charge in [-0.3, -0.25) is 4.79 Å². The monoisotopic (exact) mass is 458 g/mol. The van der Waals surface area contributed by atoms with Crippen molar-refractivity contribution in [3.8, 4) is 17.2 Å². The van der Waals surface area contributed by atoms with E-state index in [1.54, 1.807) is 11.0 Å². The van der Waals surface area contributed by atoms with Gasteiger partial charge in [0.1, 0.15) is 19.0 Å². The predicted octanol–water partition coefficient (Wildman–Crippen LogP) is 4.53. The Morgan fingerprint density at radius 1 is 1.03 bits per heavy atom. The number of methoxy groups -OCH3 is 1. The summed E-state index contributed by atoms with van der Waals surface area (Å²) in [4.78, 5) is 15.1. The summed E-state index contributed by atoms with van der Waals surface area (Å²) >= 11 is 0. The smallest absolute Gasteiger partial charge is 0.419 e. The zero-order valence-corrected chi connectivity index (χ0v) is 17.8. The number of hydrogen-bond donors (Lipinski definition) is 0. The largest absolute Gasteiger partial charge is 0.496 e. The molecule has 0 spiro atoms. The molecule has 1 unspecified atom stereocenters. The van der Waals surface area contributed by atoms with Crippen LogP contribution in [0.25, 0.3) is 0 Å². The summed E-state index contributed by atoms with van der Waals surface area (Å²) < 4.78 is 58.8. The summed E-state index contributed by atoms with van der Waals surface area (Å²) in [5, 5.41) is 0. The molecule has 0 saturated carbocycles. The zero-order valence-electron chi connectivity index (χ0n) is 17.8. The van der Waals surface area contributed by atoms with Gasteiger partial charge in [0.2, 0.25) is 0 Å². The molecule has 0 fully saturated rings. The van der Waals surface area contributed by atoms with Crippen molar-refractivity contribution in [2.75, 3.05) is 26.9 Å². The molecule has 3 heterocycles. The number of hydrogen-bond acceptors (Lipinski definition) is 4. The summed E-state index contributed by atoms with van der Waals surface area (Å²) in [6.07, 6.45) is -2.72. The van der Waals surface area contributed by atoms with E-state index in [1.165, 1.54) is 19.2 Å². The highest BCUT2D eigenvalue weighted by Gasteiger charge is 2.37. The van der Waals surface area contributed by atoms with Crippen LogP contribution < -0.4 is 14.2 Å². The third-order valence-corrected chi connectivity index (χ3v) is 5.93. The van der Waals surface area contributed by atoms with Gasteiger partial charge in [0.05, 0.1) is 18.7 Å². The van der Waals surface area contributed by atoms with Gasteiger partial charge in [-0.15, -0.1) is 0 Å². The van der Waals surface area contributed by atoms with Gasteiger partial charge in [-0.25, -0.2) is 0 Å². The average Bonchev–Trinajstić information content (AvgIpc) is 3.30. The van der Waals surface area contributed by atoms with Crippen LogP contribution >= 0.6 is 0 Å². The van der Waals surface area contributed by atoms with Crippen molar-refractivity contribution in [1.29, 1.82) is 0 Å². The number of amides is 1. The number of fused-ring (bicyclic) bond motifs is 2. The van der Waals surface area contributed by atoms with Crippen LogP contribution in [0.4, 0.5) is 13.2 Å². The molecule has 172 valence electrons. The summed E-state index contributed by atoms with van der Waals surface area (Å²) in [5.41, 5.74) is 0.630. The summed E-state index contributed by atoms with van der Waals surface area (Å²) in [6, 6.07) is 12.2. The maximum atomic E-state index is 13.5. The molecular weight excluding hydrogens is 437 g/mol. The van der Waals surface area contributed by atoms with Crippen molar-refractivity contribution < 1.29 is 32.2 Å². The quantitative estimate of drug-likeness (QED) is 0.579. The van der Waals surface area contributed by atoms with E-state index in [1.807, 2.05) is 35.0 Å². The second kappa shape index (κ2) is 8.06. The Hall–Kier alpha value is -3.62. The molecular formula is C24H21F3N2O4. The van der Waals surface area contributed by atoms with Gasteiger partial charge in [-0.1, -0.05) is 6.07 Å². The van der Waals surface area contributed by atoms with E-state index < -0.39 is 23.7 Å². The molecule has 0 bridgehead atoms. The van der Waals surface area contributed by atoms with Crippen molar-refractivity contribution in [3.63, 3.8) is 0 Å². The molecule has 3 aromatic rings. The van der Waals surface area contributed by atoms with Crippen LogP contribution in [0.5, 0.6) is 17.2 Å². The molecule has 2 aliphatic rings. The zero-order chi connectivity index (χ0) is 23.2. The Morgan fingerprint density at radius 3 is 2.58 bits per heavy atom. The van der Waals surface area contributed by atoms with Crippen LogP contribution in [0.1, 0.15) is 33.2 Å². The molecule has 9 heteroatoms. The number of nitrogens with zero attached hydrogens (tertiary/aromatic N) is 2. The molecule has 1 atom stereocenters. The first kappa shape index (κ1) is 21.2. The van der Waals surface area contributed by atoms with E-state index in [9.17, 15) is 18.0 Å². The number of aromatic nitrogens is 1. The van der Waals surface area contributed by atoms with Gasteiger partial charge in [-0.2, -0.15) is 13.2 Å². The topological polar surface area (TPSA) is 52.9 Å². The van der Waals surface area contributed by atoms with Crippen LogP contribution in [-0.4, -0.2) is 42.2 Å². The van der Waals surface area contributed by atoms with Gasteiger partial charge >= 0.3 is 6.18 Å². The first-order valence-corrected chi connectivity index (χ1v) is 10.5. The number of carbonyl (C=O) groups is 1. The highest BCUT2D eigenvalue weighted by Crippen LogP contribution is 2.40. The molecule has 1 amide bonds. The van der Waals surface area contributed by atoms with Crippen LogP contribution in [0.2, 0.25) is 0 Å². The Balaban J connectivity index is 1.56. The van der Waals surface area contributed by atoms with Gasteiger partial charge in [-0.05, 0) is 48.0 Å². The lowest BCUT2D eigenvalue weighted by molar-refractivity contribution is -0.138. The van der Waals surface area contributed by atoms with Crippen LogP contribution in [0.15, 0.2) is 54.7 Å². The highest BCUT2D eigenvalue weighted by atomic mass is 19.4. The lowest BCUT2D eigenvalue weighted by Gasteiger charge is -2.38. The minimum Gasteiger partial charge on any atom is -0.496 e. The summed E-state index contributed by atoms with van der Waals surface area (Å²) in [7, 11) is 1.17. The number of rotatable bonds is 3. The Labute approximate surface area is 188 Å². The molecule has 0 N–H and O–H groups in total. The molecule has 5 rings (SSSR count). The van der Waals surface area contributed by atoms with Gasteiger partial charge in [0.25, 0.3) is 5.91 Å². The van der Waals surface area contributed by atoms with Crippen molar-refractivity contribution >= 4 is 5.91 Å².